The van der Waals surface area contributed by atoms with Crippen molar-refractivity contribution in [1.82, 2.24) is 5.32 Å². The van der Waals surface area contributed by atoms with Crippen molar-refractivity contribution < 1.29 is 19.4 Å². The highest BCUT2D eigenvalue weighted by atomic mass is 16.5. The molecule has 0 bridgehead atoms. The molecule has 0 spiro atoms. The van der Waals surface area contributed by atoms with Gasteiger partial charge < -0.3 is 20.9 Å². The van der Waals surface area contributed by atoms with Gasteiger partial charge in [0.05, 0.1) is 0 Å². The number of rotatable bonds is 15. The van der Waals surface area contributed by atoms with Gasteiger partial charge in [-0.25, -0.2) is 0 Å². The lowest BCUT2D eigenvalue weighted by Gasteiger charge is -2.49. The van der Waals surface area contributed by atoms with Gasteiger partial charge in [0, 0.05) is 25.5 Å². The van der Waals surface area contributed by atoms with Gasteiger partial charge >= 0.3 is 5.97 Å². The molecule has 2 atom stereocenters. The van der Waals surface area contributed by atoms with Crippen molar-refractivity contribution >= 4 is 11.9 Å². The zero-order chi connectivity index (χ0) is 25.1. The summed E-state index contributed by atoms with van der Waals surface area (Å²) in [6, 6.07) is 6.80. The van der Waals surface area contributed by atoms with Crippen LogP contribution >= 0.6 is 0 Å². The molecular weight excluding hydrogens is 416 g/mol. The van der Waals surface area contributed by atoms with E-state index in [1.807, 2.05) is 38.1 Å². The number of nitrogens with two attached hydrogens (primary N) is 1. The quantitative estimate of drug-likeness (QED) is 0.254. The molecule has 1 aromatic carbocycles. The summed E-state index contributed by atoms with van der Waals surface area (Å²) in [5.41, 5.74) is 6.43. The summed E-state index contributed by atoms with van der Waals surface area (Å²) in [4.78, 5) is 23.9. The van der Waals surface area contributed by atoms with Crippen molar-refractivity contribution in [2.24, 2.45) is 11.7 Å². The van der Waals surface area contributed by atoms with Crippen molar-refractivity contribution in [3.8, 4) is 0 Å². The fourth-order valence-electron chi connectivity index (χ4n) is 4.65. The molecule has 0 aliphatic heterocycles. The molecule has 33 heavy (non-hydrogen) atoms. The van der Waals surface area contributed by atoms with Crippen LogP contribution in [0.5, 0.6) is 0 Å². The lowest BCUT2D eigenvalue weighted by molar-refractivity contribution is -0.153. The molecule has 0 aliphatic rings. The van der Waals surface area contributed by atoms with E-state index in [0.29, 0.717) is 31.7 Å². The predicted octanol–water partition coefficient (Wildman–Crippen LogP) is 4.95. The smallest absolute Gasteiger partial charge is 0.323 e. The molecule has 1 rings (SSSR count). The van der Waals surface area contributed by atoms with E-state index in [1.54, 1.807) is 6.92 Å². The number of methoxy groups -OCH3 is 1. The van der Waals surface area contributed by atoms with Gasteiger partial charge in [-0.05, 0) is 56.1 Å². The van der Waals surface area contributed by atoms with Crippen LogP contribution in [0.25, 0.3) is 0 Å². The van der Waals surface area contributed by atoms with Gasteiger partial charge in [-0.2, -0.15) is 0 Å². The minimum atomic E-state index is -1.16. The van der Waals surface area contributed by atoms with E-state index in [2.05, 4.69) is 31.3 Å². The molecule has 0 saturated heterocycles. The number of carbonyl (C=O) groups is 2. The van der Waals surface area contributed by atoms with Crippen LogP contribution in [-0.2, 0) is 26.3 Å². The summed E-state index contributed by atoms with van der Waals surface area (Å²) in [6.07, 6.45) is 9.17. The molecule has 0 aromatic heterocycles. The van der Waals surface area contributed by atoms with Gasteiger partial charge in [-0.3, -0.25) is 9.59 Å². The Kier molecular flexibility index (Phi) is 11.8. The van der Waals surface area contributed by atoms with Crippen molar-refractivity contribution in [2.75, 3.05) is 7.11 Å². The highest BCUT2D eigenvalue weighted by Crippen LogP contribution is 2.45. The van der Waals surface area contributed by atoms with Crippen LogP contribution < -0.4 is 11.1 Å². The predicted molar refractivity (Wildman–Crippen MR) is 134 cm³/mol. The Morgan fingerprint density at radius 3 is 2.24 bits per heavy atom. The Balaban J connectivity index is 2.80. The van der Waals surface area contributed by atoms with E-state index in [-0.39, 0.29) is 5.91 Å². The SMILES string of the molecule is CCC(CC)(c1ccc(CNC(=O)CCCCC=CC(C)C)cc1)C(C)(OC)[C@H](N)C(=O)O. The number of aliphatic carboxylic acids is 1. The second kappa shape index (κ2) is 13.5. The number of carbonyl (C=O) groups excluding carboxylic acids is 1. The van der Waals surface area contributed by atoms with E-state index in [0.717, 1.165) is 30.4 Å². The number of ether oxygens (including phenoxy) is 1. The standard InChI is InChI=1S/C27H44N2O4/c1-7-27(8-2,26(5,33-6)24(28)25(31)32)22-17-15-21(16-18-22)19-29-23(30)14-12-10-9-11-13-20(3)4/h11,13,15-18,20,24H,7-10,12,14,19,28H2,1-6H3,(H,29,30)(H,31,32)/t24-,26?/m1/s1. The molecule has 0 radical (unpaired) electrons. The highest BCUT2D eigenvalue weighted by Gasteiger charge is 2.53. The Bertz CT molecular complexity index is 769. The molecule has 6 heteroatoms. The van der Waals surface area contributed by atoms with Crippen LogP contribution in [0.2, 0.25) is 0 Å². The third-order valence-corrected chi connectivity index (χ3v) is 6.98. The molecule has 6 nitrogen and oxygen atoms in total. The third kappa shape index (κ3) is 7.41. The van der Waals surface area contributed by atoms with Gasteiger partial charge in [0.15, 0.2) is 0 Å². The van der Waals surface area contributed by atoms with Crippen molar-refractivity contribution in [3.63, 3.8) is 0 Å². The van der Waals surface area contributed by atoms with E-state index >= 15 is 0 Å². The summed E-state index contributed by atoms with van der Waals surface area (Å²) in [5, 5.41) is 12.6. The minimum absolute atomic E-state index is 0.0581. The number of nitrogens with one attached hydrogen (secondary N) is 1. The molecule has 1 unspecified atom stereocenters. The Labute approximate surface area is 200 Å². The largest absolute Gasteiger partial charge is 0.480 e. The Hall–Kier alpha value is -2.18. The molecule has 4 N–H and O–H groups in total. The molecule has 1 amide bonds. The number of allylic oxidation sites excluding steroid dienone is 2. The topological polar surface area (TPSA) is 102 Å². The maximum Gasteiger partial charge on any atom is 0.323 e. The van der Waals surface area contributed by atoms with Crippen LogP contribution in [0.15, 0.2) is 36.4 Å². The molecule has 0 saturated carbocycles. The van der Waals surface area contributed by atoms with Crippen molar-refractivity contribution in [1.29, 1.82) is 0 Å². The first kappa shape index (κ1) is 28.9. The van der Waals surface area contributed by atoms with Gasteiger partial charge in [-0.15, -0.1) is 0 Å². The fraction of sp³-hybridized carbons (Fsp3) is 0.630. The Morgan fingerprint density at radius 2 is 1.76 bits per heavy atom. The summed E-state index contributed by atoms with van der Waals surface area (Å²) in [5.74, 6) is -0.458. The van der Waals surface area contributed by atoms with Gasteiger partial charge in [-0.1, -0.05) is 64.1 Å². The van der Waals surface area contributed by atoms with Crippen LogP contribution in [0, 0.1) is 5.92 Å². The van der Waals surface area contributed by atoms with Gasteiger partial charge in [0.25, 0.3) is 0 Å². The molecule has 0 fully saturated rings. The summed E-state index contributed by atoms with van der Waals surface area (Å²) in [6.45, 7) is 10.6. The lowest BCUT2D eigenvalue weighted by atomic mass is 9.61. The van der Waals surface area contributed by atoms with E-state index in [9.17, 15) is 14.7 Å². The average molecular weight is 461 g/mol. The number of unbranched alkanes of at least 4 members (excludes halogenated alkanes) is 2. The van der Waals surface area contributed by atoms with Gasteiger partial charge in [0.2, 0.25) is 5.91 Å². The second-order valence-electron chi connectivity index (χ2n) is 9.31. The fourth-order valence-corrected chi connectivity index (χ4v) is 4.65. The molecule has 186 valence electrons. The normalized spacial score (nSPS) is 14.9. The van der Waals surface area contributed by atoms with Crippen LogP contribution in [0.4, 0.5) is 0 Å². The van der Waals surface area contributed by atoms with Crippen LogP contribution in [0.1, 0.15) is 84.3 Å². The van der Waals surface area contributed by atoms with E-state index < -0.39 is 23.0 Å². The molecule has 0 aliphatic carbocycles. The zero-order valence-corrected chi connectivity index (χ0v) is 21.3. The van der Waals surface area contributed by atoms with Crippen molar-refractivity contribution in [2.45, 2.75) is 96.7 Å². The number of amides is 1. The summed E-state index contributed by atoms with van der Waals surface area (Å²) in [7, 11) is 1.52. The first-order chi connectivity index (χ1) is 15.6. The monoisotopic (exact) mass is 460 g/mol. The maximum absolute atomic E-state index is 12.2. The molecular formula is C27H44N2O4. The van der Waals surface area contributed by atoms with Crippen LogP contribution in [-0.4, -0.2) is 35.7 Å². The summed E-state index contributed by atoms with van der Waals surface area (Å²) < 4.78 is 5.78. The number of hydrogen-bond acceptors (Lipinski definition) is 4. The lowest BCUT2D eigenvalue weighted by Crippen LogP contribution is -2.63. The number of carboxylic acid groups (broad SMARTS) is 1. The third-order valence-electron chi connectivity index (χ3n) is 6.98. The van der Waals surface area contributed by atoms with Crippen molar-refractivity contribution in [3.05, 3.63) is 47.5 Å². The summed E-state index contributed by atoms with van der Waals surface area (Å²) >= 11 is 0. The number of benzene rings is 1. The zero-order valence-electron chi connectivity index (χ0n) is 21.3. The first-order valence-corrected chi connectivity index (χ1v) is 12.1. The average Bonchev–Trinajstić information content (AvgIpc) is 2.80. The maximum atomic E-state index is 12.2. The molecule has 0 heterocycles. The van der Waals surface area contributed by atoms with Gasteiger partial charge in [0.1, 0.15) is 11.6 Å². The van der Waals surface area contributed by atoms with Crippen LogP contribution in [0.3, 0.4) is 0 Å². The highest BCUT2D eigenvalue weighted by molar-refractivity contribution is 5.76. The number of hydrogen-bond donors (Lipinski definition) is 3. The second-order valence-corrected chi connectivity index (χ2v) is 9.31. The van der Waals surface area contributed by atoms with E-state index in [1.165, 1.54) is 7.11 Å². The minimum Gasteiger partial charge on any atom is -0.480 e. The van der Waals surface area contributed by atoms with E-state index in [4.69, 9.17) is 10.5 Å². The number of carboxylic acids is 1. The first-order valence-electron chi connectivity index (χ1n) is 12.1. The molecule has 1 aromatic rings. The Morgan fingerprint density at radius 1 is 1.15 bits per heavy atom.